The molecule has 0 saturated heterocycles. The normalized spacial score (nSPS) is 11.4. The topological polar surface area (TPSA) is 59.3 Å². The number of nitrogens with zero attached hydrogens (tertiary/aromatic N) is 1. The van der Waals surface area contributed by atoms with Crippen LogP contribution in [0.1, 0.15) is 50.6 Å². The molecule has 1 N–H and O–H groups in total. The molecule has 0 atom stereocenters. The molecular weight excluding hydrogens is 250 g/mol. The molecule has 0 amide bonds. The number of rotatable bonds is 6. The first kappa shape index (κ1) is 15.0. The number of hydrogen-bond donors (Lipinski definition) is 1. The Kier molecular flexibility index (Phi) is 5.14. The molecule has 0 aliphatic heterocycles. The van der Waals surface area contributed by atoms with E-state index in [9.17, 15) is 9.59 Å². The summed E-state index contributed by atoms with van der Waals surface area (Å²) in [6.07, 6.45) is 0.825. The Morgan fingerprint density at radius 1 is 1.33 bits per heavy atom. The average Bonchev–Trinajstić information content (AvgIpc) is 2.52. The first-order chi connectivity index (χ1) is 8.32. The van der Waals surface area contributed by atoms with E-state index in [0.717, 1.165) is 17.0 Å². The molecule has 102 valence electrons. The van der Waals surface area contributed by atoms with Crippen molar-refractivity contribution < 1.29 is 9.90 Å². The summed E-state index contributed by atoms with van der Waals surface area (Å²) < 4.78 is 1.65. The minimum atomic E-state index is -0.866. The summed E-state index contributed by atoms with van der Waals surface area (Å²) in [6.45, 7) is 8.62. The van der Waals surface area contributed by atoms with Crippen LogP contribution in [-0.4, -0.2) is 15.6 Å². The Balaban J connectivity index is 3.13. The van der Waals surface area contributed by atoms with Gasteiger partial charge >= 0.3 is 10.8 Å². The van der Waals surface area contributed by atoms with Crippen molar-refractivity contribution in [1.82, 2.24) is 4.57 Å². The van der Waals surface area contributed by atoms with Crippen LogP contribution < -0.4 is 4.87 Å². The van der Waals surface area contributed by atoms with E-state index >= 15 is 0 Å². The Morgan fingerprint density at radius 2 is 1.94 bits per heavy atom. The SMILES string of the molecule is CC(C)Cc1c(C(C)C)sc(=O)n1CCC(=O)O. The molecule has 4 nitrogen and oxygen atoms in total. The fraction of sp³-hybridized carbons (Fsp3) is 0.692. The molecule has 5 heteroatoms. The lowest BCUT2D eigenvalue weighted by molar-refractivity contribution is -0.137. The summed E-state index contributed by atoms with van der Waals surface area (Å²) in [4.78, 5) is 23.7. The summed E-state index contributed by atoms with van der Waals surface area (Å²) in [5.41, 5.74) is 1.02. The number of hydrogen-bond acceptors (Lipinski definition) is 3. The van der Waals surface area contributed by atoms with E-state index in [1.54, 1.807) is 4.57 Å². The molecule has 0 radical (unpaired) electrons. The van der Waals surface area contributed by atoms with Gasteiger partial charge in [0.25, 0.3) is 0 Å². The van der Waals surface area contributed by atoms with Crippen LogP contribution in [0.15, 0.2) is 4.79 Å². The highest BCUT2D eigenvalue weighted by Gasteiger charge is 2.18. The summed E-state index contributed by atoms with van der Waals surface area (Å²) in [7, 11) is 0. The molecule has 0 aliphatic carbocycles. The number of aliphatic carboxylic acids is 1. The van der Waals surface area contributed by atoms with Crippen LogP contribution in [0.25, 0.3) is 0 Å². The highest BCUT2D eigenvalue weighted by molar-refractivity contribution is 7.09. The molecule has 0 aliphatic rings. The van der Waals surface area contributed by atoms with Gasteiger partial charge in [-0.05, 0) is 18.3 Å². The molecule has 1 aromatic rings. The van der Waals surface area contributed by atoms with Gasteiger partial charge < -0.3 is 9.67 Å². The average molecular weight is 271 g/mol. The highest BCUT2D eigenvalue weighted by Crippen LogP contribution is 2.25. The van der Waals surface area contributed by atoms with Crippen molar-refractivity contribution in [1.29, 1.82) is 0 Å². The number of carboxylic acids is 1. The molecule has 1 aromatic heterocycles. The van der Waals surface area contributed by atoms with E-state index in [0.29, 0.717) is 11.8 Å². The third-order valence-electron chi connectivity index (χ3n) is 2.70. The minimum absolute atomic E-state index is 0.000724. The van der Waals surface area contributed by atoms with E-state index in [2.05, 4.69) is 27.7 Å². The highest BCUT2D eigenvalue weighted by atomic mass is 32.1. The van der Waals surface area contributed by atoms with Gasteiger partial charge in [0.15, 0.2) is 0 Å². The molecule has 1 rings (SSSR count). The van der Waals surface area contributed by atoms with Gasteiger partial charge in [-0.3, -0.25) is 9.59 Å². The van der Waals surface area contributed by atoms with Gasteiger partial charge in [-0.25, -0.2) is 0 Å². The molecule has 0 saturated carbocycles. The summed E-state index contributed by atoms with van der Waals surface area (Å²) in [6, 6.07) is 0. The summed E-state index contributed by atoms with van der Waals surface area (Å²) >= 11 is 1.26. The summed E-state index contributed by atoms with van der Waals surface area (Å²) in [5, 5.41) is 8.74. The van der Waals surface area contributed by atoms with Crippen molar-refractivity contribution in [2.75, 3.05) is 0 Å². The zero-order chi connectivity index (χ0) is 13.9. The van der Waals surface area contributed by atoms with Crippen LogP contribution in [0.2, 0.25) is 0 Å². The number of thiazole rings is 1. The molecule has 0 spiro atoms. The molecule has 1 heterocycles. The smallest absolute Gasteiger partial charge is 0.307 e. The number of aromatic nitrogens is 1. The fourth-order valence-corrected chi connectivity index (χ4v) is 2.98. The van der Waals surface area contributed by atoms with Gasteiger partial charge in [0.2, 0.25) is 0 Å². The molecular formula is C13H21NO3S. The Labute approximate surface area is 111 Å². The van der Waals surface area contributed by atoms with Crippen LogP contribution in [0.5, 0.6) is 0 Å². The van der Waals surface area contributed by atoms with E-state index in [1.165, 1.54) is 11.3 Å². The van der Waals surface area contributed by atoms with Gasteiger partial charge in [-0.15, -0.1) is 0 Å². The number of carbonyl (C=O) groups is 1. The third-order valence-corrected chi connectivity index (χ3v) is 4.03. The second-order valence-corrected chi connectivity index (χ2v) is 6.22. The Morgan fingerprint density at radius 3 is 2.39 bits per heavy atom. The second-order valence-electron chi connectivity index (χ2n) is 5.23. The van der Waals surface area contributed by atoms with Crippen LogP contribution in [0, 0.1) is 5.92 Å². The Bertz CT molecular complexity index is 471. The molecule has 0 aromatic carbocycles. The lowest BCUT2D eigenvalue weighted by Gasteiger charge is -2.12. The third kappa shape index (κ3) is 3.70. The van der Waals surface area contributed by atoms with E-state index in [-0.39, 0.29) is 17.8 Å². The van der Waals surface area contributed by atoms with E-state index in [1.807, 2.05) is 0 Å². The Hall–Kier alpha value is -1.10. The molecule has 18 heavy (non-hydrogen) atoms. The van der Waals surface area contributed by atoms with Gasteiger partial charge in [-0.2, -0.15) is 0 Å². The van der Waals surface area contributed by atoms with Crippen molar-refractivity contribution in [3.63, 3.8) is 0 Å². The van der Waals surface area contributed by atoms with Crippen molar-refractivity contribution >= 4 is 17.3 Å². The summed E-state index contributed by atoms with van der Waals surface area (Å²) in [5.74, 6) is -0.107. The van der Waals surface area contributed by atoms with Crippen LogP contribution >= 0.6 is 11.3 Å². The largest absolute Gasteiger partial charge is 0.481 e. The van der Waals surface area contributed by atoms with Crippen molar-refractivity contribution in [3.8, 4) is 0 Å². The van der Waals surface area contributed by atoms with Crippen molar-refractivity contribution in [2.24, 2.45) is 5.92 Å². The predicted octanol–water partition coefficient (Wildman–Crippen LogP) is 2.71. The lowest BCUT2D eigenvalue weighted by Crippen LogP contribution is -2.19. The predicted molar refractivity (Wildman–Crippen MR) is 73.5 cm³/mol. The van der Waals surface area contributed by atoms with Gasteiger partial charge in [0.1, 0.15) is 0 Å². The van der Waals surface area contributed by atoms with Gasteiger partial charge in [0.05, 0.1) is 6.42 Å². The zero-order valence-corrected chi connectivity index (χ0v) is 12.2. The molecule has 0 unspecified atom stereocenters. The zero-order valence-electron chi connectivity index (χ0n) is 11.4. The first-order valence-corrected chi connectivity index (χ1v) is 7.08. The van der Waals surface area contributed by atoms with Gasteiger partial charge in [-0.1, -0.05) is 39.0 Å². The van der Waals surface area contributed by atoms with Crippen LogP contribution in [-0.2, 0) is 17.8 Å². The van der Waals surface area contributed by atoms with Gasteiger partial charge in [0, 0.05) is 17.1 Å². The molecule has 0 bridgehead atoms. The van der Waals surface area contributed by atoms with Crippen molar-refractivity contribution in [3.05, 3.63) is 20.2 Å². The first-order valence-electron chi connectivity index (χ1n) is 6.27. The standard InChI is InChI=1S/C13H21NO3S/c1-8(2)7-10-12(9(3)4)18-13(17)14(10)6-5-11(15)16/h8-9H,5-7H2,1-4H3,(H,15,16). The maximum Gasteiger partial charge on any atom is 0.307 e. The fourth-order valence-electron chi connectivity index (χ4n) is 1.93. The minimum Gasteiger partial charge on any atom is -0.481 e. The monoisotopic (exact) mass is 271 g/mol. The van der Waals surface area contributed by atoms with E-state index in [4.69, 9.17) is 5.11 Å². The van der Waals surface area contributed by atoms with Crippen LogP contribution in [0.3, 0.4) is 0 Å². The number of carboxylic acid groups (broad SMARTS) is 1. The quantitative estimate of drug-likeness (QED) is 0.865. The maximum absolute atomic E-state index is 11.9. The second kappa shape index (κ2) is 6.18. The lowest BCUT2D eigenvalue weighted by atomic mass is 10.0. The van der Waals surface area contributed by atoms with Crippen LogP contribution in [0.4, 0.5) is 0 Å². The van der Waals surface area contributed by atoms with Crippen molar-refractivity contribution in [2.45, 2.75) is 53.0 Å². The maximum atomic E-state index is 11.9. The van der Waals surface area contributed by atoms with E-state index < -0.39 is 5.97 Å². The molecule has 0 fully saturated rings.